The van der Waals surface area contributed by atoms with Crippen LogP contribution in [0.5, 0.6) is 0 Å². The van der Waals surface area contributed by atoms with Crippen molar-refractivity contribution >= 4 is 33.2 Å². The lowest BCUT2D eigenvalue weighted by atomic mass is 10.2. The molecule has 0 heterocycles. The van der Waals surface area contributed by atoms with E-state index in [2.05, 4.69) is 21.2 Å². The summed E-state index contributed by atoms with van der Waals surface area (Å²) in [5, 5.41) is 3.86. The van der Waals surface area contributed by atoms with E-state index in [4.69, 9.17) is 11.6 Å². The van der Waals surface area contributed by atoms with Crippen molar-refractivity contribution in [3.63, 3.8) is 0 Å². The molecule has 0 amide bonds. The van der Waals surface area contributed by atoms with E-state index in [0.717, 1.165) is 15.7 Å². The standard InChI is InChI=1S/C14H12BrClFN/c1-9-2-5-12(7-14(9)17)18-8-10-3-4-11(16)6-13(10)15/h2-7,18H,8H2,1H3. The Balaban J connectivity index is 2.09. The van der Waals surface area contributed by atoms with E-state index < -0.39 is 0 Å². The van der Waals surface area contributed by atoms with E-state index >= 15 is 0 Å². The average molecular weight is 329 g/mol. The first-order chi connectivity index (χ1) is 8.56. The number of anilines is 1. The fraction of sp³-hybridized carbons (Fsp3) is 0.143. The van der Waals surface area contributed by atoms with Gasteiger partial charge in [-0.1, -0.05) is 39.7 Å². The zero-order chi connectivity index (χ0) is 13.1. The fourth-order valence-corrected chi connectivity index (χ4v) is 2.39. The van der Waals surface area contributed by atoms with Crippen molar-refractivity contribution in [3.05, 3.63) is 62.8 Å². The molecule has 1 nitrogen and oxygen atoms in total. The van der Waals surface area contributed by atoms with E-state index in [1.54, 1.807) is 13.0 Å². The number of hydrogen-bond acceptors (Lipinski definition) is 1. The summed E-state index contributed by atoms with van der Waals surface area (Å²) in [6.07, 6.45) is 0. The molecule has 0 bridgehead atoms. The highest BCUT2D eigenvalue weighted by Gasteiger charge is 2.02. The quantitative estimate of drug-likeness (QED) is 0.820. The molecular weight excluding hydrogens is 317 g/mol. The van der Waals surface area contributed by atoms with Crippen molar-refractivity contribution < 1.29 is 4.39 Å². The van der Waals surface area contributed by atoms with Crippen molar-refractivity contribution in [1.82, 2.24) is 0 Å². The maximum atomic E-state index is 13.4. The molecule has 0 saturated carbocycles. The van der Waals surface area contributed by atoms with Gasteiger partial charge >= 0.3 is 0 Å². The monoisotopic (exact) mass is 327 g/mol. The van der Waals surface area contributed by atoms with Gasteiger partial charge in [-0.3, -0.25) is 0 Å². The minimum atomic E-state index is -0.199. The van der Waals surface area contributed by atoms with Crippen LogP contribution in [0.2, 0.25) is 5.02 Å². The molecule has 1 N–H and O–H groups in total. The molecule has 94 valence electrons. The largest absolute Gasteiger partial charge is 0.381 e. The van der Waals surface area contributed by atoms with Crippen LogP contribution in [0.4, 0.5) is 10.1 Å². The van der Waals surface area contributed by atoms with Gasteiger partial charge in [0.15, 0.2) is 0 Å². The summed E-state index contributed by atoms with van der Waals surface area (Å²) >= 11 is 9.32. The number of rotatable bonds is 3. The first kappa shape index (κ1) is 13.4. The Labute approximate surface area is 119 Å². The molecule has 2 aromatic rings. The van der Waals surface area contributed by atoms with Gasteiger partial charge in [0, 0.05) is 21.7 Å². The average Bonchev–Trinajstić information content (AvgIpc) is 2.32. The van der Waals surface area contributed by atoms with Gasteiger partial charge in [0.05, 0.1) is 0 Å². The highest BCUT2D eigenvalue weighted by molar-refractivity contribution is 9.10. The van der Waals surface area contributed by atoms with Gasteiger partial charge in [-0.15, -0.1) is 0 Å². The van der Waals surface area contributed by atoms with Crippen LogP contribution in [0.3, 0.4) is 0 Å². The van der Waals surface area contributed by atoms with Crippen LogP contribution < -0.4 is 5.32 Å². The van der Waals surface area contributed by atoms with Crippen molar-refractivity contribution in [3.8, 4) is 0 Å². The van der Waals surface area contributed by atoms with Gasteiger partial charge in [0.25, 0.3) is 0 Å². The normalized spacial score (nSPS) is 10.4. The van der Waals surface area contributed by atoms with Crippen molar-refractivity contribution in [2.45, 2.75) is 13.5 Å². The number of hydrogen-bond donors (Lipinski definition) is 1. The van der Waals surface area contributed by atoms with E-state index in [9.17, 15) is 4.39 Å². The van der Waals surface area contributed by atoms with Crippen LogP contribution in [-0.2, 0) is 6.54 Å². The summed E-state index contributed by atoms with van der Waals surface area (Å²) in [5.41, 5.74) is 2.48. The molecule has 2 aromatic carbocycles. The number of aryl methyl sites for hydroxylation is 1. The second kappa shape index (κ2) is 5.72. The van der Waals surface area contributed by atoms with Crippen LogP contribution in [0, 0.1) is 12.7 Å². The molecule has 0 aromatic heterocycles. The second-order valence-corrected chi connectivity index (χ2v) is 5.34. The van der Waals surface area contributed by atoms with Crippen LogP contribution in [0.1, 0.15) is 11.1 Å². The third-order valence-electron chi connectivity index (χ3n) is 2.67. The van der Waals surface area contributed by atoms with Gasteiger partial charge < -0.3 is 5.32 Å². The Hall–Kier alpha value is -1.06. The molecule has 0 saturated heterocycles. The Morgan fingerprint density at radius 1 is 1.22 bits per heavy atom. The van der Waals surface area contributed by atoms with E-state index in [0.29, 0.717) is 17.1 Å². The van der Waals surface area contributed by atoms with Crippen molar-refractivity contribution in [1.29, 1.82) is 0 Å². The summed E-state index contributed by atoms with van der Waals surface area (Å²) in [5.74, 6) is -0.199. The number of halogens is 3. The van der Waals surface area contributed by atoms with Gasteiger partial charge in [-0.25, -0.2) is 4.39 Å². The second-order valence-electron chi connectivity index (χ2n) is 4.05. The Bertz CT molecular complexity index is 572. The van der Waals surface area contributed by atoms with Gasteiger partial charge in [0.1, 0.15) is 5.82 Å². The summed E-state index contributed by atoms with van der Waals surface area (Å²) in [6.45, 7) is 2.36. The Morgan fingerprint density at radius 2 is 2.00 bits per heavy atom. The van der Waals surface area contributed by atoms with Gasteiger partial charge in [-0.05, 0) is 42.3 Å². The van der Waals surface area contributed by atoms with Crippen LogP contribution >= 0.6 is 27.5 Å². The van der Waals surface area contributed by atoms with Crippen molar-refractivity contribution in [2.24, 2.45) is 0 Å². The van der Waals surface area contributed by atoms with E-state index in [-0.39, 0.29) is 5.82 Å². The Morgan fingerprint density at radius 3 is 2.67 bits per heavy atom. The molecule has 0 unspecified atom stereocenters. The van der Waals surface area contributed by atoms with Gasteiger partial charge in [0.2, 0.25) is 0 Å². The third-order valence-corrected chi connectivity index (χ3v) is 3.64. The molecule has 0 aliphatic carbocycles. The molecule has 18 heavy (non-hydrogen) atoms. The SMILES string of the molecule is Cc1ccc(NCc2ccc(Cl)cc2Br)cc1F. The third kappa shape index (κ3) is 3.24. The molecule has 0 fully saturated rings. The minimum absolute atomic E-state index is 0.199. The highest BCUT2D eigenvalue weighted by atomic mass is 79.9. The van der Waals surface area contributed by atoms with E-state index in [1.165, 1.54) is 6.07 Å². The summed E-state index contributed by atoms with van der Waals surface area (Å²) in [4.78, 5) is 0. The predicted octanol–water partition coefficient (Wildman–Crippen LogP) is 5.16. The predicted molar refractivity (Wildman–Crippen MR) is 77.6 cm³/mol. The maximum Gasteiger partial charge on any atom is 0.128 e. The molecule has 2 rings (SSSR count). The van der Waals surface area contributed by atoms with Crippen LogP contribution in [-0.4, -0.2) is 0 Å². The lowest BCUT2D eigenvalue weighted by Gasteiger charge is -2.09. The number of benzene rings is 2. The zero-order valence-electron chi connectivity index (χ0n) is 9.81. The molecular formula is C14H12BrClFN. The number of nitrogens with one attached hydrogen (secondary N) is 1. The molecule has 0 aliphatic rings. The lowest BCUT2D eigenvalue weighted by molar-refractivity contribution is 0.619. The highest BCUT2D eigenvalue weighted by Crippen LogP contribution is 2.23. The smallest absolute Gasteiger partial charge is 0.128 e. The molecule has 0 aliphatic heterocycles. The zero-order valence-corrected chi connectivity index (χ0v) is 12.1. The van der Waals surface area contributed by atoms with Gasteiger partial charge in [-0.2, -0.15) is 0 Å². The molecule has 4 heteroatoms. The lowest BCUT2D eigenvalue weighted by Crippen LogP contribution is -2.00. The molecule has 0 atom stereocenters. The summed E-state index contributed by atoms with van der Waals surface area (Å²) in [6, 6.07) is 10.7. The molecule has 0 spiro atoms. The first-order valence-electron chi connectivity index (χ1n) is 5.50. The first-order valence-corrected chi connectivity index (χ1v) is 6.67. The molecule has 0 radical (unpaired) electrons. The minimum Gasteiger partial charge on any atom is -0.381 e. The Kier molecular flexibility index (Phi) is 4.25. The topological polar surface area (TPSA) is 12.0 Å². The van der Waals surface area contributed by atoms with Crippen molar-refractivity contribution in [2.75, 3.05) is 5.32 Å². The summed E-state index contributed by atoms with van der Waals surface area (Å²) < 4.78 is 14.3. The maximum absolute atomic E-state index is 13.4. The summed E-state index contributed by atoms with van der Waals surface area (Å²) in [7, 11) is 0. The van der Waals surface area contributed by atoms with Crippen LogP contribution in [0.15, 0.2) is 40.9 Å². The fourth-order valence-electron chi connectivity index (χ4n) is 1.57. The van der Waals surface area contributed by atoms with Crippen LogP contribution in [0.25, 0.3) is 0 Å². The van der Waals surface area contributed by atoms with E-state index in [1.807, 2.05) is 24.3 Å².